The first kappa shape index (κ1) is 15.9. The molecule has 0 radical (unpaired) electrons. The second-order valence-corrected chi connectivity index (χ2v) is 7.60. The van der Waals surface area contributed by atoms with Crippen LogP contribution >= 0.6 is 0 Å². The largest absolute Gasteiger partial charge is 0.368 e. The predicted molar refractivity (Wildman–Crippen MR) is 96.6 cm³/mol. The molecule has 2 aromatic rings. The molecule has 1 aromatic heterocycles. The van der Waals surface area contributed by atoms with Crippen LogP contribution in [-0.4, -0.2) is 47.4 Å². The number of H-pyrrole nitrogens is 1. The molecule has 2 N–H and O–H groups in total. The molecule has 1 spiro atoms. The minimum atomic E-state index is -0.340. The van der Waals surface area contributed by atoms with E-state index in [0.29, 0.717) is 25.9 Å². The summed E-state index contributed by atoms with van der Waals surface area (Å²) in [6.45, 7) is 2.06. The molecule has 2 saturated heterocycles. The highest BCUT2D eigenvalue weighted by molar-refractivity contribution is 5.91. The molecule has 26 heavy (non-hydrogen) atoms. The first-order chi connectivity index (χ1) is 12.7. The summed E-state index contributed by atoms with van der Waals surface area (Å²) >= 11 is 0. The zero-order valence-electron chi connectivity index (χ0n) is 14.7. The Morgan fingerprint density at radius 3 is 2.77 bits per heavy atom. The Hall–Kier alpha value is -2.34. The van der Waals surface area contributed by atoms with Crippen molar-refractivity contribution in [3.8, 4) is 0 Å². The van der Waals surface area contributed by atoms with Crippen LogP contribution in [0.1, 0.15) is 36.9 Å². The Balaban J connectivity index is 1.38. The molecule has 0 unspecified atom stereocenters. The third-order valence-corrected chi connectivity index (χ3v) is 6.18. The summed E-state index contributed by atoms with van der Waals surface area (Å²) in [5.74, 6) is 0.0357. The fourth-order valence-electron chi connectivity index (χ4n) is 4.77. The van der Waals surface area contributed by atoms with Crippen molar-refractivity contribution < 1.29 is 14.3 Å². The van der Waals surface area contributed by atoms with Gasteiger partial charge in [-0.3, -0.25) is 9.59 Å². The molecular weight excluding hydrogens is 330 g/mol. The average Bonchev–Trinajstić information content (AvgIpc) is 3.27. The summed E-state index contributed by atoms with van der Waals surface area (Å²) < 4.78 is 6.29. The molecule has 6 nitrogen and oxygen atoms in total. The highest BCUT2D eigenvalue weighted by Gasteiger charge is 2.44. The molecule has 0 saturated carbocycles. The topological polar surface area (TPSA) is 74.4 Å². The molecule has 2 amide bonds. The smallest absolute Gasteiger partial charge is 0.245 e. The highest BCUT2D eigenvalue weighted by Crippen LogP contribution is 2.43. The van der Waals surface area contributed by atoms with Gasteiger partial charge in [-0.1, -0.05) is 18.2 Å². The number of aromatic amines is 1. The molecule has 4 heterocycles. The van der Waals surface area contributed by atoms with Gasteiger partial charge in [0.1, 0.15) is 11.6 Å². The van der Waals surface area contributed by atoms with Crippen molar-refractivity contribution in [2.45, 2.75) is 43.7 Å². The second-order valence-electron chi connectivity index (χ2n) is 7.60. The summed E-state index contributed by atoms with van der Waals surface area (Å²) in [7, 11) is 0. The van der Waals surface area contributed by atoms with Gasteiger partial charge in [-0.05, 0) is 37.3 Å². The molecule has 2 fully saturated rings. The molecule has 3 aliphatic heterocycles. The van der Waals surface area contributed by atoms with Crippen molar-refractivity contribution in [1.29, 1.82) is 0 Å². The van der Waals surface area contributed by atoms with E-state index in [-0.39, 0.29) is 23.5 Å². The van der Waals surface area contributed by atoms with Crippen LogP contribution in [-0.2, 0) is 26.3 Å². The number of ether oxygens (including phenoxy) is 1. The summed E-state index contributed by atoms with van der Waals surface area (Å²) in [4.78, 5) is 29.6. The second kappa shape index (κ2) is 5.84. The van der Waals surface area contributed by atoms with E-state index in [9.17, 15) is 9.59 Å². The Kier molecular flexibility index (Phi) is 3.57. The fraction of sp³-hybridized carbons (Fsp3) is 0.500. The van der Waals surface area contributed by atoms with Gasteiger partial charge in [-0.15, -0.1) is 0 Å². The number of aromatic nitrogens is 1. The van der Waals surface area contributed by atoms with Gasteiger partial charge in [0.2, 0.25) is 11.8 Å². The molecule has 1 aromatic carbocycles. The van der Waals surface area contributed by atoms with Crippen LogP contribution in [0.4, 0.5) is 0 Å². The van der Waals surface area contributed by atoms with Crippen molar-refractivity contribution >= 4 is 22.7 Å². The number of nitrogens with zero attached hydrogens (tertiary/aromatic N) is 1. The number of likely N-dealkylation sites (tertiary alicyclic amines) is 1. The van der Waals surface area contributed by atoms with Crippen LogP contribution in [0.3, 0.4) is 0 Å². The van der Waals surface area contributed by atoms with E-state index >= 15 is 0 Å². The predicted octanol–water partition coefficient (Wildman–Crippen LogP) is 1.84. The van der Waals surface area contributed by atoms with E-state index in [1.54, 1.807) is 0 Å². The Labute approximate surface area is 151 Å². The molecule has 6 heteroatoms. The molecule has 5 rings (SSSR count). The molecule has 0 aliphatic carbocycles. The molecule has 3 aliphatic rings. The van der Waals surface area contributed by atoms with E-state index in [0.717, 1.165) is 31.4 Å². The number of carbonyl (C=O) groups excluding carboxylic acids is 2. The maximum Gasteiger partial charge on any atom is 0.245 e. The van der Waals surface area contributed by atoms with Gasteiger partial charge >= 0.3 is 0 Å². The summed E-state index contributed by atoms with van der Waals surface area (Å²) in [5, 5.41) is 4.08. The number of fused-ring (bicyclic) bond motifs is 4. The van der Waals surface area contributed by atoms with Gasteiger partial charge in [0.05, 0.1) is 12.3 Å². The number of benzene rings is 1. The average molecular weight is 353 g/mol. The van der Waals surface area contributed by atoms with E-state index in [4.69, 9.17) is 4.74 Å². The minimum absolute atomic E-state index is 0.0184. The number of amides is 2. The van der Waals surface area contributed by atoms with Crippen molar-refractivity contribution in [2.75, 3.05) is 19.7 Å². The van der Waals surface area contributed by atoms with Crippen molar-refractivity contribution in [2.24, 2.45) is 0 Å². The lowest BCUT2D eigenvalue weighted by atomic mass is 9.83. The highest BCUT2D eigenvalue weighted by atomic mass is 16.5. The van der Waals surface area contributed by atoms with Crippen LogP contribution in [0.5, 0.6) is 0 Å². The third kappa shape index (κ3) is 2.35. The van der Waals surface area contributed by atoms with Crippen LogP contribution in [0.25, 0.3) is 10.9 Å². The zero-order chi connectivity index (χ0) is 17.7. The van der Waals surface area contributed by atoms with E-state index in [1.165, 1.54) is 16.6 Å². The zero-order valence-corrected chi connectivity index (χ0v) is 14.7. The summed E-state index contributed by atoms with van der Waals surface area (Å²) in [6, 6.07) is 8.07. The first-order valence-electron chi connectivity index (χ1n) is 9.48. The summed E-state index contributed by atoms with van der Waals surface area (Å²) in [6.07, 6.45) is 3.58. The quantitative estimate of drug-likeness (QED) is 0.821. The lowest BCUT2D eigenvalue weighted by Gasteiger charge is -2.44. The lowest BCUT2D eigenvalue weighted by molar-refractivity contribution is -0.143. The van der Waals surface area contributed by atoms with Crippen LogP contribution in [0.2, 0.25) is 0 Å². The van der Waals surface area contributed by atoms with E-state index in [2.05, 4.69) is 34.6 Å². The molecule has 1 atom stereocenters. The standard InChI is InChI=1S/C20H23N3O3/c24-17-6-5-16(21-17)19(25)23-10-8-20(9-11-23)18-14(7-12-26-20)13-3-1-2-4-15(13)22-18/h1-4,16,22H,5-12H2,(H,21,24)/t16-/m1/s1. The van der Waals surface area contributed by atoms with Crippen LogP contribution in [0, 0.1) is 0 Å². The van der Waals surface area contributed by atoms with Gasteiger partial charge < -0.3 is 19.9 Å². The van der Waals surface area contributed by atoms with Gasteiger partial charge in [0.15, 0.2) is 0 Å². The van der Waals surface area contributed by atoms with Crippen molar-refractivity contribution in [1.82, 2.24) is 15.2 Å². The van der Waals surface area contributed by atoms with Crippen LogP contribution in [0.15, 0.2) is 24.3 Å². The van der Waals surface area contributed by atoms with Crippen molar-refractivity contribution in [3.05, 3.63) is 35.5 Å². The maximum atomic E-state index is 12.7. The number of nitrogens with one attached hydrogen (secondary N) is 2. The number of hydrogen-bond acceptors (Lipinski definition) is 3. The van der Waals surface area contributed by atoms with Gasteiger partial charge in [0, 0.05) is 30.4 Å². The number of rotatable bonds is 1. The number of hydrogen-bond donors (Lipinski definition) is 2. The van der Waals surface area contributed by atoms with Crippen LogP contribution < -0.4 is 5.32 Å². The van der Waals surface area contributed by atoms with Crippen molar-refractivity contribution in [3.63, 3.8) is 0 Å². The maximum absolute atomic E-state index is 12.7. The molecule has 136 valence electrons. The first-order valence-corrected chi connectivity index (χ1v) is 9.48. The monoisotopic (exact) mass is 353 g/mol. The Bertz CT molecular complexity index is 880. The summed E-state index contributed by atoms with van der Waals surface area (Å²) in [5.41, 5.74) is 3.41. The fourth-order valence-corrected chi connectivity index (χ4v) is 4.77. The molecular formula is C20H23N3O3. The molecule has 0 bridgehead atoms. The van der Waals surface area contributed by atoms with Gasteiger partial charge in [-0.25, -0.2) is 0 Å². The SMILES string of the molecule is O=C1CC[C@H](C(=O)N2CCC3(CC2)OCCc2c3[nH]c3ccccc23)N1. The van der Waals surface area contributed by atoms with Gasteiger partial charge in [0.25, 0.3) is 0 Å². The normalized spacial score (nSPS) is 24.7. The Morgan fingerprint density at radius 2 is 2.00 bits per heavy atom. The van der Waals surface area contributed by atoms with E-state index < -0.39 is 0 Å². The third-order valence-electron chi connectivity index (χ3n) is 6.18. The number of carbonyl (C=O) groups is 2. The number of piperidine rings is 1. The Morgan fingerprint density at radius 1 is 1.19 bits per heavy atom. The van der Waals surface area contributed by atoms with E-state index in [1.807, 2.05) is 4.90 Å². The lowest BCUT2D eigenvalue weighted by Crippen LogP contribution is -2.52. The number of para-hydroxylation sites is 1. The minimum Gasteiger partial charge on any atom is -0.368 e. The van der Waals surface area contributed by atoms with Gasteiger partial charge in [-0.2, -0.15) is 0 Å².